The number of hydrogen-bond donors (Lipinski definition) is 2. The van der Waals surface area contributed by atoms with E-state index >= 15 is 0 Å². The van der Waals surface area contributed by atoms with Crippen LogP contribution in [0.2, 0.25) is 0 Å². The van der Waals surface area contributed by atoms with Crippen LogP contribution in [0.15, 0.2) is 17.1 Å². The van der Waals surface area contributed by atoms with Crippen molar-refractivity contribution in [2.45, 2.75) is 65.0 Å². The molecule has 2 N–H and O–H groups in total. The number of nitrogens with zero attached hydrogens (tertiary/aromatic N) is 1. The van der Waals surface area contributed by atoms with Crippen molar-refractivity contribution < 1.29 is 14.2 Å². The lowest BCUT2D eigenvalue weighted by Crippen LogP contribution is -2.43. The summed E-state index contributed by atoms with van der Waals surface area (Å²) in [7, 11) is 3.54. The van der Waals surface area contributed by atoms with Crippen molar-refractivity contribution in [3.05, 3.63) is 23.3 Å². The highest BCUT2D eigenvalue weighted by molar-refractivity contribution is 14.0. The van der Waals surface area contributed by atoms with Gasteiger partial charge in [-0.05, 0) is 50.7 Å². The summed E-state index contributed by atoms with van der Waals surface area (Å²) in [5.41, 5.74) is 2.62. The molecule has 2 aliphatic rings. The number of guanidine groups is 1. The van der Waals surface area contributed by atoms with E-state index in [1.807, 2.05) is 7.05 Å². The molecule has 7 heteroatoms. The zero-order valence-corrected chi connectivity index (χ0v) is 21.2. The molecule has 1 aliphatic heterocycles. The van der Waals surface area contributed by atoms with Gasteiger partial charge in [0.25, 0.3) is 0 Å². The molecule has 1 unspecified atom stereocenters. The molecule has 6 nitrogen and oxygen atoms in total. The van der Waals surface area contributed by atoms with Gasteiger partial charge in [0.2, 0.25) is 0 Å². The zero-order valence-electron chi connectivity index (χ0n) is 18.9. The SMILES string of the molecule is CCOCCC1(CNC(=NC)NCc2cc3c(cc2OC)CC(C)O3)CCCC1.I. The first-order valence-corrected chi connectivity index (χ1v) is 11.0. The van der Waals surface area contributed by atoms with Crippen LogP contribution in [0.25, 0.3) is 0 Å². The van der Waals surface area contributed by atoms with Crippen LogP contribution in [0, 0.1) is 5.41 Å². The minimum Gasteiger partial charge on any atom is -0.496 e. The molecule has 0 amide bonds. The van der Waals surface area contributed by atoms with E-state index < -0.39 is 0 Å². The van der Waals surface area contributed by atoms with Crippen molar-refractivity contribution in [3.8, 4) is 11.5 Å². The Morgan fingerprint density at radius 1 is 1.27 bits per heavy atom. The Morgan fingerprint density at radius 3 is 2.70 bits per heavy atom. The van der Waals surface area contributed by atoms with E-state index in [4.69, 9.17) is 14.2 Å². The van der Waals surface area contributed by atoms with E-state index in [0.29, 0.717) is 12.0 Å². The fourth-order valence-electron chi connectivity index (χ4n) is 4.55. The molecule has 0 aromatic heterocycles. The van der Waals surface area contributed by atoms with E-state index in [-0.39, 0.29) is 30.1 Å². The van der Waals surface area contributed by atoms with Gasteiger partial charge in [-0.15, -0.1) is 24.0 Å². The zero-order chi connectivity index (χ0) is 20.7. The van der Waals surface area contributed by atoms with Gasteiger partial charge in [0.05, 0.1) is 7.11 Å². The Morgan fingerprint density at radius 2 is 2.03 bits per heavy atom. The molecule has 1 aromatic rings. The average molecular weight is 531 g/mol. The molecule has 1 aliphatic carbocycles. The first-order valence-electron chi connectivity index (χ1n) is 11.0. The molecular weight excluding hydrogens is 493 g/mol. The number of rotatable bonds is 9. The normalized spacial score (nSPS) is 19.6. The summed E-state index contributed by atoms with van der Waals surface area (Å²) in [5, 5.41) is 7.00. The van der Waals surface area contributed by atoms with Crippen LogP contribution in [0.5, 0.6) is 11.5 Å². The Bertz CT molecular complexity index is 705. The van der Waals surface area contributed by atoms with E-state index in [2.05, 4.69) is 41.6 Å². The first-order chi connectivity index (χ1) is 14.1. The monoisotopic (exact) mass is 531 g/mol. The number of benzene rings is 1. The smallest absolute Gasteiger partial charge is 0.191 e. The highest BCUT2D eigenvalue weighted by atomic mass is 127. The summed E-state index contributed by atoms with van der Waals surface area (Å²) in [5.74, 6) is 2.69. The molecule has 0 saturated heterocycles. The van der Waals surface area contributed by atoms with Crippen LogP contribution >= 0.6 is 24.0 Å². The number of methoxy groups -OCH3 is 1. The van der Waals surface area contributed by atoms with Crippen LogP contribution in [-0.2, 0) is 17.7 Å². The highest BCUT2D eigenvalue weighted by Crippen LogP contribution is 2.40. The molecule has 170 valence electrons. The van der Waals surface area contributed by atoms with Crippen molar-refractivity contribution in [1.82, 2.24) is 10.6 Å². The molecule has 1 aromatic carbocycles. The molecule has 1 fully saturated rings. The molecule has 0 bridgehead atoms. The number of nitrogens with one attached hydrogen (secondary N) is 2. The summed E-state index contributed by atoms with van der Waals surface area (Å²) < 4.78 is 17.2. The van der Waals surface area contributed by atoms with Crippen molar-refractivity contribution in [3.63, 3.8) is 0 Å². The third kappa shape index (κ3) is 6.39. The lowest BCUT2D eigenvalue weighted by atomic mass is 9.83. The second-order valence-electron chi connectivity index (χ2n) is 8.34. The van der Waals surface area contributed by atoms with Gasteiger partial charge in [0.1, 0.15) is 17.6 Å². The number of fused-ring (bicyclic) bond motifs is 1. The highest BCUT2D eigenvalue weighted by Gasteiger charge is 2.33. The van der Waals surface area contributed by atoms with Crippen LogP contribution in [0.3, 0.4) is 0 Å². The molecule has 1 saturated carbocycles. The molecule has 0 radical (unpaired) electrons. The summed E-state index contributed by atoms with van der Waals surface area (Å²) in [6.07, 6.45) is 7.42. The van der Waals surface area contributed by atoms with Crippen molar-refractivity contribution >= 4 is 29.9 Å². The maximum absolute atomic E-state index is 5.91. The molecular formula is C23H38IN3O3. The van der Waals surface area contributed by atoms with Gasteiger partial charge in [-0.3, -0.25) is 4.99 Å². The summed E-state index contributed by atoms with van der Waals surface area (Å²) in [6.45, 7) is 7.36. The molecule has 3 rings (SSSR count). The van der Waals surface area contributed by atoms with Gasteiger partial charge in [-0.1, -0.05) is 12.8 Å². The van der Waals surface area contributed by atoms with Crippen molar-refractivity contribution in [2.75, 3.05) is 33.9 Å². The van der Waals surface area contributed by atoms with Gasteiger partial charge in [-0.25, -0.2) is 0 Å². The molecule has 1 heterocycles. The molecule has 30 heavy (non-hydrogen) atoms. The van der Waals surface area contributed by atoms with E-state index in [1.165, 1.54) is 31.2 Å². The Balaban J connectivity index is 0.00000320. The molecule has 1 atom stereocenters. The van der Waals surface area contributed by atoms with Gasteiger partial charge >= 0.3 is 0 Å². The predicted molar refractivity (Wildman–Crippen MR) is 132 cm³/mol. The van der Waals surface area contributed by atoms with Crippen LogP contribution in [-0.4, -0.2) is 46.0 Å². The van der Waals surface area contributed by atoms with Crippen molar-refractivity contribution in [2.24, 2.45) is 10.4 Å². The Hall–Kier alpha value is -1.22. The number of ether oxygens (including phenoxy) is 3. The van der Waals surface area contributed by atoms with Crippen molar-refractivity contribution in [1.29, 1.82) is 0 Å². The first kappa shape index (κ1) is 25.0. The predicted octanol–water partition coefficient (Wildman–Crippen LogP) is 4.29. The lowest BCUT2D eigenvalue weighted by Gasteiger charge is -2.30. The van der Waals surface area contributed by atoms with Gasteiger partial charge in [0, 0.05) is 50.9 Å². The van der Waals surface area contributed by atoms with Crippen LogP contribution in [0.1, 0.15) is 57.1 Å². The van der Waals surface area contributed by atoms with Crippen LogP contribution < -0.4 is 20.1 Å². The minimum absolute atomic E-state index is 0. The summed E-state index contributed by atoms with van der Waals surface area (Å²) >= 11 is 0. The number of aliphatic imine (C=N–C) groups is 1. The largest absolute Gasteiger partial charge is 0.496 e. The second-order valence-corrected chi connectivity index (χ2v) is 8.34. The van der Waals surface area contributed by atoms with Gasteiger partial charge < -0.3 is 24.8 Å². The van der Waals surface area contributed by atoms with E-state index in [9.17, 15) is 0 Å². The van der Waals surface area contributed by atoms with Crippen LogP contribution in [0.4, 0.5) is 0 Å². The second kappa shape index (κ2) is 12.0. The summed E-state index contributed by atoms with van der Waals surface area (Å²) in [4.78, 5) is 4.42. The number of halogens is 1. The van der Waals surface area contributed by atoms with E-state index in [0.717, 1.165) is 55.6 Å². The number of hydrogen-bond acceptors (Lipinski definition) is 4. The average Bonchev–Trinajstić information content (AvgIpc) is 3.33. The Labute approximate surface area is 198 Å². The quantitative estimate of drug-likeness (QED) is 0.216. The van der Waals surface area contributed by atoms with Gasteiger partial charge in [0.15, 0.2) is 5.96 Å². The minimum atomic E-state index is 0. The fraction of sp³-hybridized carbons (Fsp3) is 0.696. The third-order valence-corrected chi connectivity index (χ3v) is 6.24. The topological polar surface area (TPSA) is 64.1 Å². The standard InChI is InChI=1S/C23H37N3O3.HI/c1-5-28-11-10-23(8-6-7-9-23)16-26-22(24-3)25-15-19-14-21-18(12-17(2)29-21)13-20(19)27-4;/h13-14,17H,5-12,15-16H2,1-4H3,(H2,24,25,26);1H. The Kier molecular flexibility index (Phi) is 10.0. The van der Waals surface area contributed by atoms with E-state index in [1.54, 1.807) is 7.11 Å². The lowest BCUT2D eigenvalue weighted by molar-refractivity contribution is 0.105. The fourth-order valence-corrected chi connectivity index (χ4v) is 4.55. The maximum Gasteiger partial charge on any atom is 0.191 e. The summed E-state index contributed by atoms with van der Waals surface area (Å²) in [6, 6.07) is 4.20. The maximum atomic E-state index is 5.91. The van der Waals surface area contributed by atoms with Gasteiger partial charge in [-0.2, -0.15) is 0 Å². The third-order valence-electron chi connectivity index (χ3n) is 6.24. The molecule has 0 spiro atoms.